The van der Waals surface area contributed by atoms with Crippen molar-refractivity contribution in [3.05, 3.63) is 69.8 Å². The smallest absolute Gasteiger partial charge is 0.273 e. The van der Waals surface area contributed by atoms with Crippen molar-refractivity contribution in [2.75, 3.05) is 0 Å². The molecule has 0 heterocycles. The number of benzene rings is 2. The van der Waals surface area contributed by atoms with Gasteiger partial charge in [-0.1, -0.05) is 35.9 Å². The molecular formula is C19H19F3N2O. The Labute approximate surface area is 144 Å². The first-order chi connectivity index (χ1) is 11.7. The number of hydrogen-bond donors (Lipinski definition) is 1. The van der Waals surface area contributed by atoms with Gasteiger partial charge in [0, 0.05) is 5.56 Å². The maximum atomic E-state index is 12.7. The quantitative estimate of drug-likeness (QED) is 0.649. The molecule has 0 fully saturated rings. The highest BCUT2D eigenvalue weighted by atomic mass is 19.4. The van der Waals surface area contributed by atoms with Crippen molar-refractivity contribution in [3.8, 4) is 0 Å². The van der Waals surface area contributed by atoms with E-state index < -0.39 is 17.6 Å². The van der Waals surface area contributed by atoms with Gasteiger partial charge in [-0.15, -0.1) is 0 Å². The lowest BCUT2D eigenvalue weighted by molar-refractivity contribution is -0.137. The number of halogens is 3. The summed E-state index contributed by atoms with van der Waals surface area (Å²) in [5, 5.41) is 3.91. The molecular weight excluding hydrogens is 329 g/mol. The molecule has 132 valence electrons. The summed E-state index contributed by atoms with van der Waals surface area (Å²) in [7, 11) is 0. The molecule has 0 aliphatic heterocycles. The zero-order valence-corrected chi connectivity index (χ0v) is 14.2. The molecule has 0 saturated heterocycles. The average Bonchev–Trinajstić information content (AvgIpc) is 2.49. The minimum Gasteiger partial charge on any atom is -0.273 e. The molecule has 0 bridgehead atoms. The number of aryl methyl sites for hydroxylation is 3. The van der Waals surface area contributed by atoms with Crippen molar-refractivity contribution < 1.29 is 18.0 Å². The molecule has 1 N–H and O–H groups in total. The van der Waals surface area contributed by atoms with E-state index in [1.54, 1.807) is 6.21 Å². The number of nitrogens with one attached hydrogen (secondary N) is 1. The standard InChI is InChI=1S/C19H19F3N2O/c1-12-7-13(2)17(14(3)8-12)11-23-24-18(25)10-15-5-4-6-16(9-15)19(20,21)22/h4-9,11H,10H2,1-3H3,(H,24,25). The van der Waals surface area contributed by atoms with Crippen molar-refractivity contribution in [1.82, 2.24) is 5.43 Å². The van der Waals surface area contributed by atoms with Crippen LogP contribution in [0.5, 0.6) is 0 Å². The van der Waals surface area contributed by atoms with Crippen LogP contribution in [-0.2, 0) is 17.4 Å². The summed E-state index contributed by atoms with van der Waals surface area (Å²) in [6, 6.07) is 8.73. The number of amides is 1. The maximum absolute atomic E-state index is 12.7. The van der Waals surface area contributed by atoms with E-state index in [0.717, 1.165) is 34.4 Å². The van der Waals surface area contributed by atoms with Gasteiger partial charge in [-0.3, -0.25) is 4.79 Å². The minimum absolute atomic E-state index is 0.173. The molecule has 6 heteroatoms. The van der Waals surface area contributed by atoms with Gasteiger partial charge in [-0.05, 0) is 43.5 Å². The topological polar surface area (TPSA) is 41.5 Å². The third-order valence-electron chi connectivity index (χ3n) is 3.74. The van der Waals surface area contributed by atoms with E-state index in [9.17, 15) is 18.0 Å². The molecule has 0 aliphatic carbocycles. The van der Waals surface area contributed by atoms with E-state index in [4.69, 9.17) is 0 Å². The van der Waals surface area contributed by atoms with Crippen LogP contribution in [0.15, 0.2) is 41.5 Å². The fourth-order valence-corrected chi connectivity index (χ4v) is 2.65. The molecule has 0 atom stereocenters. The molecule has 2 aromatic rings. The van der Waals surface area contributed by atoms with E-state index in [0.29, 0.717) is 0 Å². The molecule has 0 unspecified atom stereocenters. The van der Waals surface area contributed by atoms with E-state index in [2.05, 4.69) is 10.5 Å². The van der Waals surface area contributed by atoms with Gasteiger partial charge < -0.3 is 0 Å². The van der Waals surface area contributed by atoms with Crippen molar-refractivity contribution >= 4 is 12.1 Å². The predicted molar refractivity (Wildman–Crippen MR) is 91.5 cm³/mol. The summed E-state index contributed by atoms with van der Waals surface area (Å²) in [4.78, 5) is 11.9. The largest absolute Gasteiger partial charge is 0.416 e. The number of hydrogen-bond acceptors (Lipinski definition) is 2. The number of carbonyl (C=O) groups excluding carboxylic acids is 1. The van der Waals surface area contributed by atoms with Gasteiger partial charge in [0.05, 0.1) is 18.2 Å². The van der Waals surface area contributed by atoms with Crippen LogP contribution in [0.3, 0.4) is 0 Å². The summed E-state index contributed by atoms with van der Waals surface area (Å²) in [6.07, 6.45) is -3.05. The molecule has 1 amide bonds. The number of carbonyl (C=O) groups is 1. The molecule has 0 saturated carbocycles. The molecule has 2 rings (SSSR count). The van der Waals surface area contributed by atoms with Crippen molar-refractivity contribution in [2.24, 2.45) is 5.10 Å². The monoisotopic (exact) mass is 348 g/mol. The third-order valence-corrected chi connectivity index (χ3v) is 3.74. The lowest BCUT2D eigenvalue weighted by Crippen LogP contribution is -2.20. The highest BCUT2D eigenvalue weighted by Gasteiger charge is 2.30. The molecule has 0 aliphatic rings. The summed E-state index contributed by atoms with van der Waals surface area (Å²) >= 11 is 0. The molecule has 25 heavy (non-hydrogen) atoms. The normalized spacial score (nSPS) is 11.8. The molecule has 2 aromatic carbocycles. The van der Waals surface area contributed by atoms with E-state index in [1.807, 2.05) is 32.9 Å². The van der Waals surface area contributed by atoms with Crippen LogP contribution < -0.4 is 5.43 Å². The Kier molecular flexibility index (Phi) is 5.62. The van der Waals surface area contributed by atoms with E-state index in [-0.39, 0.29) is 12.0 Å². The van der Waals surface area contributed by atoms with Crippen LogP contribution in [0.1, 0.15) is 33.4 Å². The van der Waals surface area contributed by atoms with Crippen molar-refractivity contribution in [1.29, 1.82) is 0 Å². The Morgan fingerprint density at radius 2 is 1.76 bits per heavy atom. The summed E-state index contributed by atoms with van der Waals surface area (Å²) in [5.41, 5.74) is 5.99. The second-order valence-corrected chi connectivity index (χ2v) is 5.98. The molecule has 3 nitrogen and oxygen atoms in total. The van der Waals surface area contributed by atoms with E-state index >= 15 is 0 Å². The number of rotatable bonds is 4. The fourth-order valence-electron chi connectivity index (χ4n) is 2.65. The number of alkyl halides is 3. The van der Waals surface area contributed by atoms with Crippen molar-refractivity contribution in [3.63, 3.8) is 0 Å². The van der Waals surface area contributed by atoms with Crippen LogP contribution in [0.2, 0.25) is 0 Å². The summed E-state index contributed by atoms with van der Waals surface area (Å²) in [6.45, 7) is 5.90. The minimum atomic E-state index is -4.43. The Balaban J connectivity index is 2.02. The zero-order valence-electron chi connectivity index (χ0n) is 14.2. The third kappa shape index (κ3) is 5.17. The Morgan fingerprint density at radius 3 is 2.36 bits per heavy atom. The second-order valence-electron chi connectivity index (χ2n) is 5.98. The Hall–Kier alpha value is -2.63. The molecule has 0 spiro atoms. The predicted octanol–water partition coefficient (Wildman–Crippen LogP) is 4.32. The van der Waals surface area contributed by atoms with Crippen LogP contribution >= 0.6 is 0 Å². The highest BCUT2D eigenvalue weighted by Crippen LogP contribution is 2.29. The Bertz CT molecular complexity index is 788. The number of nitrogens with zero attached hydrogens (tertiary/aromatic N) is 1. The lowest BCUT2D eigenvalue weighted by atomic mass is 10.0. The zero-order chi connectivity index (χ0) is 18.6. The van der Waals surface area contributed by atoms with Gasteiger partial charge in [0.25, 0.3) is 0 Å². The highest BCUT2D eigenvalue weighted by molar-refractivity contribution is 5.86. The lowest BCUT2D eigenvalue weighted by Gasteiger charge is -2.08. The molecule has 0 aromatic heterocycles. The first kappa shape index (κ1) is 18.7. The average molecular weight is 348 g/mol. The van der Waals surface area contributed by atoms with E-state index in [1.165, 1.54) is 12.1 Å². The van der Waals surface area contributed by atoms with Crippen LogP contribution in [0.4, 0.5) is 13.2 Å². The summed E-state index contributed by atoms with van der Waals surface area (Å²) < 4.78 is 38.0. The van der Waals surface area contributed by atoms with Gasteiger partial charge in [-0.2, -0.15) is 18.3 Å². The van der Waals surface area contributed by atoms with Crippen LogP contribution in [0, 0.1) is 20.8 Å². The first-order valence-corrected chi connectivity index (χ1v) is 7.72. The van der Waals surface area contributed by atoms with Crippen molar-refractivity contribution in [2.45, 2.75) is 33.4 Å². The molecule has 0 radical (unpaired) electrons. The SMILES string of the molecule is Cc1cc(C)c(C=NNC(=O)Cc2cccc(C(F)(F)F)c2)c(C)c1. The second kappa shape index (κ2) is 7.51. The van der Waals surface area contributed by atoms with Crippen LogP contribution in [0.25, 0.3) is 0 Å². The maximum Gasteiger partial charge on any atom is 0.416 e. The fraction of sp³-hybridized carbons (Fsp3) is 0.263. The van der Waals surface area contributed by atoms with Gasteiger partial charge in [0.1, 0.15) is 0 Å². The Morgan fingerprint density at radius 1 is 1.12 bits per heavy atom. The van der Waals surface area contributed by atoms with Gasteiger partial charge in [0.15, 0.2) is 0 Å². The summed E-state index contributed by atoms with van der Waals surface area (Å²) in [5.74, 6) is -0.474. The van der Waals surface area contributed by atoms with Crippen LogP contribution in [-0.4, -0.2) is 12.1 Å². The van der Waals surface area contributed by atoms with Gasteiger partial charge >= 0.3 is 6.18 Å². The van der Waals surface area contributed by atoms with Gasteiger partial charge in [0.2, 0.25) is 5.91 Å². The number of hydrazone groups is 1. The first-order valence-electron chi connectivity index (χ1n) is 7.72. The van der Waals surface area contributed by atoms with Gasteiger partial charge in [-0.25, -0.2) is 5.43 Å².